The van der Waals surface area contributed by atoms with Gasteiger partial charge >= 0.3 is 12.1 Å². The minimum Gasteiger partial charge on any atom is -0.480 e. The number of rotatable bonds is 8. The van der Waals surface area contributed by atoms with E-state index < -0.39 is 18.1 Å². The predicted octanol–water partition coefficient (Wildman–Crippen LogP) is 1.66. The second kappa shape index (κ2) is 8.82. The van der Waals surface area contributed by atoms with Crippen LogP contribution in [0.5, 0.6) is 11.5 Å². The van der Waals surface area contributed by atoms with Crippen LogP contribution in [0, 0.1) is 6.92 Å². The number of carboxylic acids is 1. The van der Waals surface area contributed by atoms with Gasteiger partial charge in [-0.25, -0.2) is 4.79 Å². The van der Waals surface area contributed by atoms with Crippen LogP contribution in [0.4, 0.5) is 4.79 Å². The van der Waals surface area contributed by atoms with Gasteiger partial charge in [0.2, 0.25) is 6.79 Å². The lowest BCUT2D eigenvalue weighted by Gasteiger charge is -2.15. The van der Waals surface area contributed by atoms with Crippen LogP contribution in [-0.4, -0.2) is 48.9 Å². The first-order valence-corrected chi connectivity index (χ1v) is 8.84. The van der Waals surface area contributed by atoms with Crippen LogP contribution in [0.25, 0.3) is 0 Å². The molecule has 0 saturated heterocycles. The summed E-state index contributed by atoms with van der Waals surface area (Å²) in [5.41, 5.74) is 7.54. The Morgan fingerprint density at radius 1 is 1.40 bits per heavy atom. The molecule has 0 fully saturated rings. The van der Waals surface area contributed by atoms with Crippen molar-refractivity contribution in [1.82, 2.24) is 5.32 Å². The molecule has 2 rings (SSSR count). The summed E-state index contributed by atoms with van der Waals surface area (Å²) in [5, 5.41) is 11.1. The Hall–Kier alpha value is -2.13. The van der Waals surface area contributed by atoms with Gasteiger partial charge in [-0.3, -0.25) is 4.79 Å². The molecule has 138 valence electrons. The first-order valence-electron chi connectivity index (χ1n) is 7.79. The third kappa shape index (κ3) is 5.43. The van der Waals surface area contributed by atoms with Gasteiger partial charge in [-0.1, -0.05) is 0 Å². The van der Waals surface area contributed by atoms with Gasteiger partial charge < -0.3 is 30.4 Å². The molecule has 25 heavy (non-hydrogen) atoms. The van der Waals surface area contributed by atoms with Crippen LogP contribution in [0.3, 0.4) is 0 Å². The largest absolute Gasteiger partial charge is 0.480 e. The number of hydrogen-bond donors (Lipinski definition) is 3. The summed E-state index contributed by atoms with van der Waals surface area (Å²) >= 11 is 1.64. The number of benzene rings is 1. The number of hydrogen-bond acceptors (Lipinski definition) is 7. The number of amides is 1. The first kappa shape index (κ1) is 19.2. The summed E-state index contributed by atoms with van der Waals surface area (Å²) in [5.74, 6) is 0.938. The van der Waals surface area contributed by atoms with Crippen molar-refractivity contribution in [3.63, 3.8) is 0 Å². The monoisotopic (exact) mass is 370 g/mol. The van der Waals surface area contributed by atoms with Gasteiger partial charge in [-0.2, -0.15) is 11.8 Å². The number of carbonyl (C=O) groups is 2. The van der Waals surface area contributed by atoms with Gasteiger partial charge in [0.1, 0.15) is 12.6 Å². The van der Waals surface area contributed by atoms with Crippen molar-refractivity contribution in [2.75, 3.05) is 25.7 Å². The quantitative estimate of drug-likeness (QED) is 0.591. The number of fused-ring (bicyclic) bond motifs is 1. The molecule has 2 atom stereocenters. The molecule has 4 N–H and O–H groups in total. The van der Waals surface area contributed by atoms with E-state index in [2.05, 4.69) is 12.2 Å². The minimum absolute atomic E-state index is 0.173. The number of carboxylic acid groups (broad SMARTS) is 1. The Morgan fingerprint density at radius 3 is 2.76 bits per heavy atom. The predicted molar refractivity (Wildman–Crippen MR) is 93.1 cm³/mol. The van der Waals surface area contributed by atoms with E-state index in [1.54, 1.807) is 11.8 Å². The van der Waals surface area contributed by atoms with E-state index in [-0.39, 0.29) is 25.2 Å². The molecule has 1 amide bonds. The second-order valence-corrected chi connectivity index (χ2v) is 6.99. The van der Waals surface area contributed by atoms with Gasteiger partial charge in [-0.15, -0.1) is 0 Å². The molecule has 1 aliphatic rings. The van der Waals surface area contributed by atoms with E-state index in [9.17, 15) is 9.59 Å². The number of carbonyl (C=O) groups excluding carboxylic acids is 1. The average molecular weight is 370 g/mol. The Bertz CT molecular complexity index is 639. The Balaban J connectivity index is 1.71. The summed E-state index contributed by atoms with van der Waals surface area (Å²) in [6.45, 7) is 4.38. The maximum Gasteiger partial charge on any atom is 0.407 e. The molecule has 0 aliphatic carbocycles. The zero-order valence-corrected chi connectivity index (χ0v) is 14.9. The van der Waals surface area contributed by atoms with Crippen molar-refractivity contribution in [1.29, 1.82) is 0 Å². The molecule has 1 aromatic carbocycles. The molecule has 0 saturated carbocycles. The van der Waals surface area contributed by atoms with Crippen molar-refractivity contribution < 1.29 is 28.9 Å². The molecule has 1 unspecified atom stereocenters. The third-order valence-corrected chi connectivity index (χ3v) is 4.82. The SMILES string of the molecule is Cc1cc2c(cc1C(C)SCCOC(=O)NC[C@H](N)C(=O)O)OCO2. The number of nitrogens with one attached hydrogen (secondary N) is 1. The van der Waals surface area contributed by atoms with Gasteiger partial charge in [-0.05, 0) is 37.1 Å². The van der Waals surface area contributed by atoms with Crippen molar-refractivity contribution in [2.24, 2.45) is 5.73 Å². The van der Waals surface area contributed by atoms with E-state index in [0.717, 1.165) is 22.6 Å². The highest BCUT2D eigenvalue weighted by molar-refractivity contribution is 7.99. The van der Waals surface area contributed by atoms with Crippen molar-refractivity contribution in [3.05, 3.63) is 23.3 Å². The van der Waals surface area contributed by atoms with Gasteiger partial charge in [0.05, 0.1) is 0 Å². The molecule has 1 heterocycles. The molecule has 0 bridgehead atoms. The van der Waals surface area contributed by atoms with Crippen molar-refractivity contribution >= 4 is 23.8 Å². The Morgan fingerprint density at radius 2 is 2.08 bits per heavy atom. The van der Waals surface area contributed by atoms with Crippen molar-refractivity contribution in [2.45, 2.75) is 25.1 Å². The number of nitrogens with two attached hydrogens (primary N) is 1. The van der Waals surface area contributed by atoms with Crippen LogP contribution in [-0.2, 0) is 9.53 Å². The van der Waals surface area contributed by atoms with Crippen LogP contribution in [0.2, 0.25) is 0 Å². The summed E-state index contributed by atoms with van der Waals surface area (Å²) in [4.78, 5) is 22.0. The van der Waals surface area contributed by atoms with Gasteiger partial charge in [0.25, 0.3) is 0 Å². The summed E-state index contributed by atoms with van der Waals surface area (Å²) in [7, 11) is 0. The first-order chi connectivity index (χ1) is 11.9. The highest BCUT2D eigenvalue weighted by Crippen LogP contribution is 2.39. The molecule has 0 radical (unpaired) electrons. The Labute approximate surface area is 150 Å². The highest BCUT2D eigenvalue weighted by atomic mass is 32.2. The lowest BCUT2D eigenvalue weighted by Crippen LogP contribution is -2.42. The summed E-state index contributed by atoms with van der Waals surface area (Å²) in [6.07, 6.45) is -0.677. The topological polar surface area (TPSA) is 120 Å². The lowest BCUT2D eigenvalue weighted by atomic mass is 10.1. The molecular weight excluding hydrogens is 348 g/mol. The van der Waals surface area contributed by atoms with E-state index in [4.69, 9.17) is 25.1 Å². The molecule has 1 aliphatic heterocycles. The number of alkyl carbamates (subject to hydrolysis) is 1. The number of aryl methyl sites for hydroxylation is 1. The van der Waals surface area contributed by atoms with Gasteiger partial charge in [0.15, 0.2) is 11.5 Å². The maximum atomic E-state index is 11.4. The molecule has 8 nitrogen and oxygen atoms in total. The molecule has 1 aromatic rings. The van der Waals surface area contributed by atoms with Crippen LogP contribution < -0.4 is 20.5 Å². The Kier molecular flexibility index (Phi) is 6.77. The smallest absolute Gasteiger partial charge is 0.407 e. The standard InChI is InChI=1S/C16H22N2O6S/c1-9-5-13-14(24-8-23-13)6-11(9)10(2)25-4-3-22-16(21)18-7-12(17)15(19)20/h5-6,10,12H,3-4,7-8,17H2,1-2H3,(H,18,21)(H,19,20)/t10?,12-/m0/s1. The van der Waals surface area contributed by atoms with E-state index in [1.807, 2.05) is 19.1 Å². The molecule has 9 heteroatoms. The fraction of sp³-hybridized carbons (Fsp3) is 0.500. The number of ether oxygens (including phenoxy) is 3. The lowest BCUT2D eigenvalue weighted by molar-refractivity contribution is -0.138. The van der Waals surface area contributed by atoms with Crippen LogP contribution >= 0.6 is 11.8 Å². The highest BCUT2D eigenvalue weighted by Gasteiger charge is 2.19. The van der Waals surface area contributed by atoms with Crippen LogP contribution in [0.15, 0.2) is 12.1 Å². The van der Waals surface area contributed by atoms with E-state index in [0.29, 0.717) is 5.75 Å². The average Bonchev–Trinajstić information content (AvgIpc) is 3.02. The van der Waals surface area contributed by atoms with Crippen molar-refractivity contribution in [3.8, 4) is 11.5 Å². The summed E-state index contributed by atoms with van der Waals surface area (Å²) in [6, 6.07) is 2.80. The summed E-state index contributed by atoms with van der Waals surface area (Å²) < 4.78 is 15.8. The number of thioether (sulfide) groups is 1. The fourth-order valence-corrected chi connectivity index (χ4v) is 3.24. The maximum absolute atomic E-state index is 11.4. The van der Waals surface area contributed by atoms with E-state index in [1.165, 1.54) is 0 Å². The molecular formula is C16H22N2O6S. The van der Waals surface area contributed by atoms with Crippen LogP contribution in [0.1, 0.15) is 23.3 Å². The number of aliphatic carboxylic acids is 1. The fourth-order valence-electron chi connectivity index (χ4n) is 2.28. The normalized spacial score (nSPS) is 14.7. The van der Waals surface area contributed by atoms with E-state index >= 15 is 0 Å². The molecule has 0 spiro atoms. The third-order valence-electron chi connectivity index (χ3n) is 3.67. The second-order valence-electron chi connectivity index (χ2n) is 5.54. The minimum atomic E-state index is -1.18. The molecule has 0 aromatic heterocycles. The van der Waals surface area contributed by atoms with Gasteiger partial charge in [0, 0.05) is 17.5 Å². The zero-order valence-electron chi connectivity index (χ0n) is 14.1. The zero-order chi connectivity index (χ0) is 18.4.